The Balaban J connectivity index is 2.40. The summed E-state index contributed by atoms with van der Waals surface area (Å²) in [6.07, 6.45) is 1.03. The zero-order chi connectivity index (χ0) is 14.3. The van der Waals surface area contributed by atoms with Gasteiger partial charge in [0.05, 0.1) is 12.1 Å². The highest BCUT2D eigenvalue weighted by Gasteiger charge is 2.06. The van der Waals surface area contributed by atoms with Gasteiger partial charge in [0.25, 0.3) is 0 Å². The van der Waals surface area contributed by atoms with Crippen molar-refractivity contribution in [2.45, 2.75) is 19.8 Å². The van der Waals surface area contributed by atoms with Crippen LogP contribution in [0.1, 0.15) is 18.9 Å². The Morgan fingerprint density at radius 3 is 2.84 bits per heavy atom. The third-order valence-electron chi connectivity index (χ3n) is 2.82. The second kappa shape index (κ2) is 8.02. The van der Waals surface area contributed by atoms with Gasteiger partial charge in [-0.2, -0.15) is 0 Å². The molecule has 2 N–H and O–H groups in total. The van der Waals surface area contributed by atoms with Gasteiger partial charge < -0.3 is 15.2 Å². The lowest BCUT2D eigenvalue weighted by atomic mass is 10.1. The van der Waals surface area contributed by atoms with Gasteiger partial charge >= 0.3 is 0 Å². The molecule has 0 bridgehead atoms. The molecule has 0 aliphatic carbocycles. The molecule has 0 saturated heterocycles. The number of hydrogen-bond acceptors (Lipinski definition) is 3. The second-order valence-electron chi connectivity index (χ2n) is 4.56. The summed E-state index contributed by atoms with van der Waals surface area (Å²) in [4.78, 5) is 11.6. The molecule has 1 aromatic carbocycles. The van der Waals surface area contributed by atoms with Gasteiger partial charge in [-0.1, -0.05) is 24.6 Å². The number of amides is 1. The van der Waals surface area contributed by atoms with Gasteiger partial charge in [0.15, 0.2) is 0 Å². The lowest BCUT2D eigenvalue weighted by Gasteiger charge is -2.10. The first-order chi connectivity index (χ1) is 9.06. The molecule has 0 heterocycles. The maximum absolute atomic E-state index is 11.6. The van der Waals surface area contributed by atoms with Crippen molar-refractivity contribution in [3.8, 4) is 5.75 Å². The van der Waals surface area contributed by atoms with Gasteiger partial charge in [0.2, 0.25) is 5.91 Å². The molecular formula is C14H20ClNO3. The van der Waals surface area contributed by atoms with Gasteiger partial charge in [-0.15, -0.1) is 0 Å². The number of nitrogens with one attached hydrogen (secondary N) is 1. The molecule has 0 saturated carbocycles. The highest BCUT2D eigenvalue weighted by atomic mass is 35.5. The number of methoxy groups -OCH3 is 1. The van der Waals surface area contributed by atoms with Crippen molar-refractivity contribution in [2.75, 3.05) is 20.3 Å². The molecule has 106 valence electrons. The number of rotatable bonds is 7. The van der Waals surface area contributed by atoms with E-state index in [0.717, 1.165) is 5.56 Å². The van der Waals surface area contributed by atoms with Crippen molar-refractivity contribution in [3.63, 3.8) is 0 Å². The van der Waals surface area contributed by atoms with E-state index in [1.807, 2.05) is 19.1 Å². The van der Waals surface area contributed by atoms with E-state index in [4.69, 9.17) is 21.4 Å². The van der Waals surface area contributed by atoms with Crippen LogP contribution in [0.25, 0.3) is 0 Å². The van der Waals surface area contributed by atoms with E-state index in [9.17, 15) is 4.79 Å². The minimum absolute atomic E-state index is 0.0211. The highest BCUT2D eigenvalue weighted by Crippen LogP contribution is 2.25. The second-order valence-corrected chi connectivity index (χ2v) is 4.97. The summed E-state index contributed by atoms with van der Waals surface area (Å²) in [6, 6.07) is 5.50. The molecule has 0 aliphatic rings. The van der Waals surface area contributed by atoms with Crippen LogP contribution in [0.3, 0.4) is 0 Å². The third-order valence-corrected chi connectivity index (χ3v) is 3.11. The molecule has 0 fully saturated rings. The quantitative estimate of drug-likeness (QED) is 0.806. The molecule has 5 heteroatoms. The van der Waals surface area contributed by atoms with Crippen LogP contribution in [0.2, 0.25) is 5.02 Å². The van der Waals surface area contributed by atoms with Crippen LogP contribution < -0.4 is 10.1 Å². The maximum atomic E-state index is 11.6. The number of halogens is 1. The fourth-order valence-corrected chi connectivity index (χ4v) is 1.84. The van der Waals surface area contributed by atoms with E-state index in [2.05, 4.69) is 5.32 Å². The van der Waals surface area contributed by atoms with E-state index in [-0.39, 0.29) is 18.4 Å². The van der Waals surface area contributed by atoms with E-state index in [1.54, 1.807) is 13.2 Å². The van der Waals surface area contributed by atoms with Crippen molar-refractivity contribution in [1.82, 2.24) is 5.32 Å². The molecular weight excluding hydrogens is 266 g/mol. The van der Waals surface area contributed by atoms with Crippen molar-refractivity contribution in [1.29, 1.82) is 0 Å². The van der Waals surface area contributed by atoms with Gasteiger partial charge in [-0.3, -0.25) is 4.79 Å². The van der Waals surface area contributed by atoms with E-state index >= 15 is 0 Å². The first kappa shape index (κ1) is 15.8. The fraction of sp³-hybridized carbons (Fsp3) is 0.500. The van der Waals surface area contributed by atoms with Crippen LogP contribution in [-0.2, 0) is 11.2 Å². The topological polar surface area (TPSA) is 58.6 Å². The predicted octanol–water partition coefficient (Wildman–Crippen LogP) is 2.03. The normalized spacial score (nSPS) is 12.0. The lowest BCUT2D eigenvalue weighted by molar-refractivity contribution is -0.121. The average molecular weight is 286 g/mol. The van der Waals surface area contributed by atoms with Crippen molar-refractivity contribution in [2.24, 2.45) is 5.92 Å². The molecule has 19 heavy (non-hydrogen) atoms. The molecule has 0 aromatic heterocycles. The van der Waals surface area contributed by atoms with Gasteiger partial charge in [0, 0.05) is 19.6 Å². The fourth-order valence-electron chi connectivity index (χ4n) is 1.56. The first-order valence-corrected chi connectivity index (χ1v) is 6.64. The summed E-state index contributed by atoms with van der Waals surface area (Å²) in [5, 5.41) is 12.2. The Kier molecular flexibility index (Phi) is 6.67. The number of aryl methyl sites for hydroxylation is 1. The summed E-state index contributed by atoms with van der Waals surface area (Å²) in [6.45, 7) is 2.45. The predicted molar refractivity (Wildman–Crippen MR) is 75.6 cm³/mol. The molecule has 1 amide bonds. The van der Waals surface area contributed by atoms with Gasteiger partial charge in [0.1, 0.15) is 5.75 Å². The number of carbonyl (C=O) groups is 1. The Morgan fingerprint density at radius 2 is 2.26 bits per heavy atom. The monoisotopic (exact) mass is 285 g/mol. The molecule has 0 radical (unpaired) electrons. The number of benzene rings is 1. The van der Waals surface area contributed by atoms with Crippen LogP contribution in [-0.4, -0.2) is 31.3 Å². The minimum atomic E-state index is -0.0211. The summed E-state index contributed by atoms with van der Waals surface area (Å²) >= 11 is 6.01. The Bertz CT molecular complexity index is 423. The number of aliphatic hydroxyl groups excluding tert-OH is 1. The number of hydrogen-bond donors (Lipinski definition) is 2. The maximum Gasteiger partial charge on any atom is 0.220 e. The molecule has 1 rings (SSSR count). The Hall–Kier alpha value is -1.26. The van der Waals surface area contributed by atoms with Crippen LogP contribution in [0.15, 0.2) is 18.2 Å². The molecule has 1 atom stereocenters. The third kappa shape index (κ3) is 5.49. The van der Waals surface area contributed by atoms with E-state index in [0.29, 0.717) is 30.2 Å². The summed E-state index contributed by atoms with van der Waals surface area (Å²) in [5.41, 5.74) is 0.996. The summed E-state index contributed by atoms with van der Waals surface area (Å²) in [5.74, 6) is 0.693. The van der Waals surface area contributed by atoms with Crippen LogP contribution in [0.5, 0.6) is 5.75 Å². The zero-order valence-corrected chi connectivity index (χ0v) is 12.0. The number of aliphatic hydroxyl groups is 1. The summed E-state index contributed by atoms with van der Waals surface area (Å²) in [7, 11) is 1.57. The smallest absolute Gasteiger partial charge is 0.220 e. The van der Waals surface area contributed by atoms with Crippen LogP contribution >= 0.6 is 11.6 Å². The van der Waals surface area contributed by atoms with E-state index < -0.39 is 0 Å². The average Bonchev–Trinajstić information content (AvgIpc) is 2.42. The number of ether oxygens (including phenoxy) is 1. The van der Waals surface area contributed by atoms with Crippen molar-refractivity contribution < 1.29 is 14.6 Å². The lowest BCUT2D eigenvalue weighted by Crippen LogP contribution is -2.29. The van der Waals surface area contributed by atoms with E-state index in [1.165, 1.54) is 0 Å². The minimum Gasteiger partial charge on any atom is -0.495 e. The standard InChI is InChI=1S/C14H20ClNO3/c1-10(9-17)8-16-14(18)6-4-11-3-5-13(19-2)12(15)7-11/h3,5,7,10,17H,4,6,8-9H2,1-2H3,(H,16,18). The van der Waals surface area contributed by atoms with Crippen molar-refractivity contribution in [3.05, 3.63) is 28.8 Å². The zero-order valence-electron chi connectivity index (χ0n) is 11.3. The Morgan fingerprint density at radius 1 is 1.53 bits per heavy atom. The van der Waals surface area contributed by atoms with Gasteiger partial charge in [-0.05, 0) is 30.0 Å². The largest absolute Gasteiger partial charge is 0.495 e. The van der Waals surface area contributed by atoms with Gasteiger partial charge in [-0.25, -0.2) is 0 Å². The highest BCUT2D eigenvalue weighted by molar-refractivity contribution is 6.32. The molecule has 1 aromatic rings. The number of carbonyl (C=O) groups excluding carboxylic acids is 1. The first-order valence-electron chi connectivity index (χ1n) is 6.26. The molecule has 0 spiro atoms. The Labute approximate surface area is 118 Å². The van der Waals surface area contributed by atoms with Crippen LogP contribution in [0, 0.1) is 5.92 Å². The van der Waals surface area contributed by atoms with Crippen LogP contribution in [0.4, 0.5) is 0 Å². The van der Waals surface area contributed by atoms with Crippen molar-refractivity contribution >= 4 is 17.5 Å². The summed E-state index contributed by atoms with van der Waals surface area (Å²) < 4.78 is 5.07. The molecule has 1 unspecified atom stereocenters. The molecule has 4 nitrogen and oxygen atoms in total. The SMILES string of the molecule is COc1ccc(CCC(=O)NCC(C)CO)cc1Cl. The molecule has 0 aliphatic heterocycles.